The Morgan fingerprint density at radius 3 is 2.80 bits per heavy atom. The van der Waals surface area contributed by atoms with Crippen molar-refractivity contribution in [3.05, 3.63) is 18.5 Å². The van der Waals surface area contributed by atoms with E-state index in [0.717, 1.165) is 16.7 Å². The highest BCUT2D eigenvalue weighted by Gasteiger charge is 2.30. The molecule has 20 heavy (non-hydrogen) atoms. The Morgan fingerprint density at radius 1 is 1.35 bits per heavy atom. The van der Waals surface area contributed by atoms with Crippen molar-refractivity contribution in [2.45, 2.75) is 59.0 Å². The molecule has 1 N–H and O–H groups in total. The summed E-state index contributed by atoms with van der Waals surface area (Å²) in [7, 11) is 0. The minimum Gasteiger partial charge on any atom is -0.381 e. The van der Waals surface area contributed by atoms with E-state index in [-0.39, 0.29) is 0 Å². The van der Waals surface area contributed by atoms with Crippen LogP contribution in [0.25, 0.3) is 11.0 Å². The number of nitrogens with one attached hydrogen (secondary N) is 1. The molecule has 0 aromatic carbocycles. The van der Waals surface area contributed by atoms with Crippen LogP contribution in [0.1, 0.15) is 53.0 Å². The number of hydrogen-bond donors (Lipinski definition) is 1. The van der Waals surface area contributed by atoms with Crippen molar-refractivity contribution >= 4 is 16.7 Å². The summed E-state index contributed by atoms with van der Waals surface area (Å²) >= 11 is 0. The van der Waals surface area contributed by atoms with Gasteiger partial charge in [-0.1, -0.05) is 13.8 Å². The summed E-state index contributed by atoms with van der Waals surface area (Å²) in [4.78, 5) is 4.58. The van der Waals surface area contributed by atoms with Gasteiger partial charge in [-0.05, 0) is 44.6 Å². The van der Waals surface area contributed by atoms with Crippen molar-refractivity contribution in [3.8, 4) is 0 Å². The van der Waals surface area contributed by atoms with E-state index in [1.807, 2.05) is 17.1 Å². The second-order valence-corrected chi connectivity index (χ2v) is 7.07. The lowest BCUT2D eigenvalue weighted by Crippen LogP contribution is -2.17. The van der Waals surface area contributed by atoms with Gasteiger partial charge in [0.1, 0.15) is 0 Å². The topological polar surface area (TPSA) is 42.7 Å². The minimum atomic E-state index is 0.342. The number of fused-ring (bicyclic) bond motifs is 1. The van der Waals surface area contributed by atoms with Gasteiger partial charge in [0.05, 0.1) is 18.1 Å². The molecule has 4 nitrogen and oxygen atoms in total. The summed E-state index contributed by atoms with van der Waals surface area (Å²) in [5.74, 6) is 0. The molecule has 0 spiro atoms. The average Bonchev–Trinajstić information content (AvgIpc) is 2.92. The first-order valence-electron chi connectivity index (χ1n) is 7.54. The first kappa shape index (κ1) is 13.4. The number of hydrogen-bond acceptors (Lipinski definition) is 3. The molecular formula is C16H24N4. The molecule has 0 aliphatic heterocycles. The van der Waals surface area contributed by atoms with Crippen LogP contribution >= 0.6 is 0 Å². The number of pyridine rings is 1. The van der Waals surface area contributed by atoms with Gasteiger partial charge >= 0.3 is 0 Å². The zero-order valence-electron chi connectivity index (χ0n) is 12.8. The predicted octanol–water partition coefficient (Wildman–Crippen LogP) is 4.00. The van der Waals surface area contributed by atoms with Crippen LogP contribution in [0.5, 0.6) is 0 Å². The lowest BCUT2D eigenvalue weighted by atomic mass is 9.92. The van der Waals surface area contributed by atoms with Crippen molar-refractivity contribution < 1.29 is 0 Å². The van der Waals surface area contributed by atoms with Gasteiger partial charge in [0.25, 0.3) is 0 Å². The first-order chi connectivity index (χ1) is 9.44. The number of nitrogens with zero attached hydrogens (tertiary/aromatic N) is 3. The molecule has 2 aromatic rings. The maximum Gasteiger partial charge on any atom is 0.158 e. The van der Waals surface area contributed by atoms with Crippen LogP contribution in [0.4, 0.5) is 5.69 Å². The van der Waals surface area contributed by atoms with Gasteiger partial charge in [-0.15, -0.1) is 0 Å². The number of rotatable bonds is 3. The van der Waals surface area contributed by atoms with Gasteiger partial charge in [-0.25, -0.2) is 9.67 Å². The zero-order chi connectivity index (χ0) is 14.3. The average molecular weight is 272 g/mol. The van der Waals surface area contributed by atoms with E-state index in [1.165, 1.54) is 19.3 Å². The fourth-order valence-electron chi connectivity index (χ4n) is 3.19. The molecule has 4 heteroatoms. The van der Waals surface area contributed by atoms with Gasteiger partial charge in [0.15, 0.2) is 5.65 Å². The van der Waals surface area contributed by atoms with Crippen molar-refractivity contribution in [2.75, 3.05) is 5.32 Å². The largest absolute Gasteiger partial charge is 0.381 e. The van der Waals surface area contributed by atoms with Gasteiger partial charge in [-0.2, -0.15) is 5.10 Å². The van der Waals surface area contributed by atoms with Crippen LogP contribution in [-0.4, -0.2) is 20.8 Å². The van der Waals surface area contributed by atoms with Crippen LogP contribution in [0.2, 0.25) is 0 Å². The summed E-state index contributed by atoms with van der Waals surface area (Å²) in [6.45, 7) is 8.95. The fourth-order valence-corrected chi connectivity index (χ4v) is 3.19. The van der Waals surface area contributed by atoms with Crippen LogP contribution in [0.3, 0.4) is 0 Å². The molecule has 0 saturated heterocycles. The van der Waals surface area contributed by atoms with Crippen LogP contribution < -0.4 is 5.32 Å². The van der Waals surface area contributed by atoms with Gasteiger partial charge in [0, 0.05) is 17.5 Å². The molecule has 1 fully saturated rings. The van der Waals surface area contributed by atoms with E-state index in [0.29, 0.717) is 17.5 Å². The van der Waals surface area contributed by atoms with E-state index in [4.69, 9.17) is 0 Å². The van der Waals surface area contributed by atoms with Gasteiger partial charge in [-0.3, -0.25) is 0 Å². The summed E-state index contributed by atoms with van der Waals surface area (Å²) in [5, 5.41) is 9.16. The van der Waals surface area contributed by atoms with E-state index < -0.39 is 0 Å². The van der Waals surface area contributed by atoms with Crippen molar-refractivity contribution in [3.63, 3.8) is 0 Å². The SMILES string of the molecule is CC(C)n1ncc2cc(NC3CCC(C)(C)C3)cnc21. The Hall–Kier alpha value is -1.58. The van der Waals surface area contributed by atoms with E-state index in [9.17, 15) is 0 Å². The standard InChI is InChI=1S/C16H24N4/c1-11(2)20-15-12(9-18-20)7-14(10-17-15)19-13-5-6-16(3,4)8-13/h7,9-11,13,19H,5-6,8H2,1-4H3. The lowest BCUT2D eigenvalue weighted by molar-refractivity contribution is 0.378. The molecule has 1 unspecified atom stereocenters. The number of anilines is 1. The highest BCUT2D eigenvalue weighted by molar-refractivity contribution is 5.78. The number of aromatic nitrogens is 3. The first-order valence-corrected chi connectivity index (χ1v) is 7.54. The third kappa shape index (κ3) is 2.51. The Morgan fingerprint density at radius 2 is 2.15 bits per heavy atom. The van der Waals surface area contributed by atoms with Crippen LogP contribution in [-0.2, 0) is 0 Å². The predicted molar refractivity (Wildman–Crippen MR) is 83.0 cm³/mol. The Balaban J connectivity index is 1.80. The van der Waals surface area contributed by atoms with Crippen molar-refractivity contribution in [2.24, 2.45) is 5.41 Å². The smallest absolute Gasteiger partial charge is 0.158 e. The maximum atomic E-state index is 4.58. The van der Waals surface area contributed by atoms with Crippen LogP contribution in [0, 0.1) is 5.41 Å². The van der Waals surface area contributed by atoms with E-state index in [2.05, 4.69) is 49.2 Å². The Bertz CT molecular complexity index is 612. The third-order valence-electron chi connectivity index (χ3n) is 4.26. The summed E-state index contributed by atoms with van der Waals surface area (Å²) < 4.78 is 1.97. The monoisotopic (exact) mass is 272 g/mol. The second kappa shape index (κ2) is 4.76. The molecule has 0 radical (unpaired) electrons. The zero-order valence-corrected chi connectivity index (χ0v) is 12.8. The second-order valence-electron chi connectivity index (χ2n) is 7.07. The third-order valence-corrected chi connectivity index (χ3v) is 4.26. The highest BCUT2D eigenvalue weighted by Crippen LogP contribution is 2.38. The molecule has 1 atom stereocenters. The molecule has 2 aromatic heterocycles. The summed E-state index contributed by atoms with van der Waals surface area (Å²) in [6.07, 6.45) is 7.62. The lowest BCUT2D eigenvalue weighted by Gasteiger charge is -2.18. The molecule has 3 rings (SSSR count). The summed E-state index contributed by atoms with van der Waals surface area (Å²) in [5.41, 5.74) is 2.55. The van der Waals surface area contributed by atoms with Gasteiger partial charge < -0.3 is 5.32 Å². The Kier molecular flexibility index (Phi) is 3.19. The van der Waals surface area contributed by atoms with E-state index in [1.54, 1.807) is 0 Å². The molecule has 1 aliphatic carbocycles. The maximum absolute atomic E-state index is 4.58. The van der Waals surface area contributed by atoms with Gasteiger partial charge in [0.2, 0.25) is 0 Å². The molecule has 1 aliphatic rings. The molecular weight excluding hydrogens is 248 g/mol. The molecule has 0 amide bonds. The highest BCUT2D eigenvalue weighted by atomic mass is 15.3. The van der Waals surface area contributed by atoms with Crippen molar-refractivity contribution in [1.29, 1.82) is 0 Å². The molecule has 1 saturated carbocycles. The molecule has 0 bridgehead atoms. The minimum absolute atomic E-state index is 0.342. The quantitative estimate of drug-likeness (QED) is 0.918. The fraction of sp³-hybridized carbons (Fsp3) is 0.625. The molecule has 2 heterocycles. The van der Waals surface area contributed by atoms with Crippen LogP contribution in [0.15, 0.2) is 18.5 Å². The summed E-state index contributed by atoms with van der Waals surface area (Å²) in [6, 6.07) is 3.08. The van der Waals surface area contributed by atoms with Crippen molar-refractivity contribution in [1.82, 2.24) is 14.8 Å². The van der Waals surface area contributed by atoms with E-state index >= 15 is 0 Å². The normalized spacial score (nSPS) is 21.8. The molecule has 108 valence electrons. The Labute approximate surface area is 120 Å².